The van der Waals surface area contributed by atoms with E-state index in [0.29, 0.717) is 18.7 Å². The molecule has 1 aromatic heterocycles. The number of nitriles is 1. The Morgan fingerprint density at radius 2 is 1.88 bits per heavy atom. The van der Waals surface area contributed by atoms with E-state index in [0.717, 1.165) is 37.7 Å². The molecule has 6 heteroatoms. The number of pyridine rings is 1. The Bertz CT molecular complexity index is 692. The summed E-state index contributed by atoms with van der Waals surface area (Å²) in [6, 6.07) is 15.3. The first kappa shape index (κ1) is 17.2. The number of aliphatic hydroxyl groups excluding tert-OH is 1. The minimum atomic E-state index is -0.514. The number of nitrogens with zero attached hydrogens (tertiary/aromatic N) is 4. The van der Waals surface area contributed by atoms with Crippen molar-refractivity contribution in [3.63, 3.8) is 0 Å². The molecule has 3 rings (SSSR count). The lowest BCUT2D eigenvalue weighted by Gasteiger charge is -2.36. The van der Waals surface area contributed by atoms with E-state index in [9.17, 15) is 5.11 Å². The molecule has 0 amide bonds. The summed E-state index contributed by atoms with van der Waals surface area (Å²) < 4.78 is 5.60. The molecule has 0 aliphatic carbocycles. The van der Waals surface area contributed by atoms with E-state index in [1.54, 1.807) is 12.3 Å². The molecule has 1 atom stereocenters. The van der Waals surface area contributed by atoms with Crippen molar-refractivity contribution in [3.8, 4) is 11.8 Å². The molecule has 0 bridgehead atoms. The third-order valence-corrected chi connectivity index (χ3v) is 4.23. The van der Waals surface area contributed by atoms with Crippen LogP contribution in [0.2, 0.25) is 0 Å². The predicted octanol–water partition coefficient (Wildman–Crippen LogP) is 1.52. The van der Waals surface area contributed by atoms with Gasteiger partial charge in [-0.15, -0.1) is 0 Å². The number of rotatable bonds is 6. The number of ether oxygens (including phenoxy) is 1. The SMILES string of the molecule is N#Cc1ccc(N2CCN(CC(O)COc3ccccc3)CC2)nc1. The highest BCUT2D eigenvalue weighted by molar-refractivity contribution is 5.42. The molecule has 6 nitrogen and oxygen atoms in total. The molecule has 0 saturated carbocycles. The Morgan fingerprint density at radius 3 is 2.52 bits per heavy atom. The van der Waals surface area contributed by atoms with Gasteiger partial charge in [0.25, 0.3) is 0 Å². The van der Waals surface area contributed by atoms with E-state index in [1.807, 2.05) is 36.4 Å². The van der Waals surface area contributed by atoms with Crippen LogP contribution in [0.1, 0.15) is 5.56 Å². The van der Waals surface area contributed by atoms with Crippen LogP contribution in [0.4, 0.5) is 5.82 Å². The minimum Gasteiger partial charge on any atom is -0.491 e. The highest BCUT2D eigenvalue weighted by Gasteiger charge is 2.20. The van der Waals surface area contributed by atoms with E-state index in [2.05, 4.69) is 20.9 Å². The molecular weight excluding hydrogens is 316 g/mol. The van der Waals surface area contributed by atoms with Gasteiger partial charge in [-0.1, -0.05) is 18.2 Å². The first-order valence-electron chi connectivity index (χ1n) is 8.44. The second-order valence-corrected chi connectivity index (χ2v) is 6.08. The topological polar surface area (TPSA) is 72.6 Å². The fourth-order valence-electron chi connectivity index (χ4n) is 2.86. The first-order chi connectivity index (χ1) is 12.2. The summed E-state index contributed by atoms with van der Waals surface area (Å²) in [5.74, 6) is 1.67. The summed E-state index contributed by atoms with van der Waals surface area (Å²) >= 11 is 0. The van der Waals surface area contributed by atoms with Gasteiger partial charge in [-0.05, 0) is 24.3 Å². The van der Waals surface area contributed by atoms with E-state index in [4.69, 9.17) is 10.00 Å². The van der Waals surface area contributed by atoms with Gasteiger partial charge in [0.1, 0.15) is 30.3 Å². The van der Waals surface area contributed by atoms with Crippen LogP contribution in [0.3, 0.4) is 0 Å². The average molecular weight is 338 g/mol. The number of β-amino-alcohol motifs (C(OH)–C–C–N with tert-alkyl or cyclic N) is 1. The maximum Gasteiger partial charge on any atom is 0.128 e. The van der Waals surface area contributed by atoms with Crippen LogP contribution in [-0.2, 0) is 0 Å². The maximum atomic E-state index is 10.2. The van der Waals surface area contributed by atoms with Crippen LogP contribution >= 0.6 is 0 Å². The average Bonchev–Trinajstić information content (AvgIpc) is 2.68. The number of aliphatic hydroxyl groups is 1. The highest BCUT2D eigenvalue weighted by Crippen LogP contribution is 2.14. The third-order valence-electron chi connectivity index (χ3n) is 4.23. The molecule has 0 radical (unpaired) electrons. The van der Waals surface area contributed by atoms with Crippen LogP contribution < -0.4 is 9.64 Å². The fourth-order valence-corrected chi connectivity index (χ4v) is 2.86. The fraction of sp³-hybridized carbons (Fsp3) is 0.368. The quantitative estimate of drug-likeness (QED) is 0.861. The molecule has 1 unspecified atom stereocenters. The molecule has 1 aromatic carbocycles. The lowest BCUT2D eigenvalue weighted by atomic mass is 10.2. The summed E-state index contributed by atoms with van der Waals surface area (Å²) in [6.45, 7) is 4.33. The Labute approximate surface area is 147 Å². The zero-order chi connectivity index (χ0) is 17.5. The van der Waals surface area contributed by atoms with Crippen molar-refractivity contribution in [1.29, 1.82) is 5.26 Å². The zero-order valence-corrected chi connectivity index (χ0v) is 14.1. The molecule has 1 N–H and O–H groups in total. The van der Waals surface area contributed by atoms with Crippen molar-refractivity contribution < 1.29 is 9.84 Å². The van der Waals surface area contributed by atoms with Gasteiger partial charge in [0.2, 0.25) is 0 Å². The largest absolute Gasteiger partial charge is 0.491 e. The second-order valence-electron chi connectivity index (χ2n) is 6.08. The molecule has 1 aliphatic heterocycles. The predicted molar refractivity (Wildman–Crippen MR) is 95.5 cm³/mol. The van der Waals surface area contributed by atoms with Gasteiger partial charge in [0.05, 0.1) is 5.56 Å². The number of benzene rings is 1. The molecule has 0 spiro atoms. The van der Waals surface area contributed by atoms with Crippen molar-refractivity contribution in [2.45, 2.75) is 6.10 Å². The van der Waals surface area contributed by atoms with Crippen LogP contribution in [-0.4, -0.2) is 60.4 Å². The number of hydrogen-bond acceptors (Lipinski definition) is 6. The standard InChI is InChI=1S/C19H22N4O2/c20-12-16-6-7-19(21-13-16)23-10-8-22(9-11-23)14-17(24)15-25-18-4-2-1-3-5-18/h1-7,13,17,24H,8-11,14-15H2. The van der Waals surface area contributed by atoms with Gasteiger partial charge in [0.15, 0.2) is 0 Å². The summed E-state index contributed by atoms with van der Waals surface area (Å²) in [6.07, 6.45) is 1.09. The molecule has 25 heavy (non-hydrogen) atoms. The smallest absolute Gasteiger partial charge is 0.128 e. The van der Waals surface area contributed by atoms with Crippen LogP contribution in [0.5, 0.6) is 5.75 Å². The van der Waals surface area contributed by atoms with Gasteiger partial charge < -0.3 is 14.7 Å². The minimum absolute atomic E-state index is 0.293. The second kappa shape index (κ2) is 8.47. The van der Waals surface area contributed by atoms with Crippen molar-refractivity contribution >= 4 is 5.82 Å². The van der Waals surface area contributed by atoms with Crippen molar-refractivity contribution in [3.05, 3.63) is 54.2 Å². The Morgan fingerprint density at radius 1 is 1.12 bits per heavy atom. The lowest BCUT2D eigenvalue weighted by Crippen LogP contribution is -2.49. The van der Waals surface area contributed by atoms with E-state index in [-0.39, 0.29) is 0 Å². The lowest BCUT2D eigenvalue weighted by molar-refractivity contribution is 0.0662. The molecule has 1 aliphatic rings. The number of para-hydroxylation sites is 1. The zero-order valence-electron chi connectivity index (χ0n) is 14.1. The Kier molecular flexibility index (Phi) is 5.83. The summed E-state index contributed by atoms with van der Waals surface area (Å²) in [7, 11) is 0. The molecule has 2 heterocycles. The van der Waals surface area contributed by atoms with E-state index < -0.39 is 6.10 Å². The number of aromatic nitrogens is 1. The molecule has 2 aromatic rings. The van der Waals surface area contributed by atoms with Crippen molar-refractivity contribution in [2.24, 2.45) is 0 Å². The van der Waals surface area contributed by atoms with Crippen LogP contribution in [0.15, 0.2) is 48.7 Å². The van der Waals surface area contributed by atoms with Gasteiger partial charge >= 0.3 is 0 Å². The number of anilines is 1. The van der Waals surface area contributed by atoms with E-state index in [1.165, 1.54) is 0 Å². The van der Waals surface area contributed by atoms with Crippen molar-refractivity contribution in [2.75, 3.05) is 44.2 Å². The molecule has 1 fully saturated rings. The summed E-state index contributed by atoms with van der Waals surface area (Å²) in [5, 5.41) is 19.0. The van der Waals surface area contributed by atoms with Gasteiger partial charge in [-0.3, -0.25) is 4.90 Å². The highest BCUT2D eigenvalue weighted by atomic mass is 16.5. The molecule has 130 valence electrons. The number of hydrogen-bond donors (Lipinski definition) is 1. The maximum absolute atomic E-state index is 10.2. The Hall–Kier alpha value is -2.62. The van der Waals surface area contributed by atoms with E-state index >= 15 is 0 Å². The van der Waals surface area contributed by atoms with Gasteiger partial charge in [0, 0.05) is 38.9 Å². The summed E-state index contributed by atoms with van der Waals surface area (Å²) in [5.41, 5.74) is 0.573. The molecule has 1 saturated heterocycles. The normalized spacial score (nSPS) is 16.2. The molecular formula is C19H22N4O2. The van der Waals surface area contributed by atoms with Crippen molar-refractivity contribution in [1.82, 2.24) is 9.88 Å². The van der Waals surface area contributed by atoms with Gasteiger partial charge in [-0.25, -0.2) is 4.98 Å². The third kappa shape index (κ3) is 4.92. The van der Waals surface area contributed by atoms with Crippen LogP contribution in [0.25, 0.3) is 0 Å². The van der Waals surface area contributed by atoms with Gasteiger partial charge in [-0.2, -0.15) is 5.26 Å². The first-order valence-corrected chi connectivity index (χ1v) is 8.44. The Balaban J connectivity index is 1.42. The van der Waals surface area contributed by atoms with Crippen LogP contribution in [0, 0.1) is 11.3 Å². The summed E-state index contributed by atoms with van der Waals surface area (Å²) in [4.78, 5) is 8.77. The number of piperazine rings is 1. The monoisotopic (exact) mass is 338 g/mol.